The van der Waals surface area contributed by atoms with E-state index in [4.69, 9.17) is 10.6 Å². The zero-order valence-corrected chi connectivity index (χ0v) is 19.4. The average molecular weight is 504 g/mol. The smallest absolute Gasteiger partial charge is 0.366 e. The van der Waals surface area contributed by atoms with Crippen LogP contribution in [0.1, 0.15) is 36.5 Å². The summed E-state index contributed by atoms with van der Waals surface area (Å²) >= 11 is 0. The fraction of sp³-hybridized carbons (Fsp3) is 0.333. The Morgan fingerprint density at radius 1 is 1.17 bits per heavy atom. The third kappa shape index (κ3) is 4.89. The zero-order valence-electron chi connectivity index (χ0n) is 19.4. The number of nitrogens with zero attached hydrogens (tertiary/aromatic N) is 3. The first-order valence-corrected chi connectivity index (χ1v) is 11.4. The number of hydrogen-bond donors (Lipinski definition) is 2. The van der Waals surface area contributed by atoms with E-state index in [2.05, 4.69) is 10.4 Å². The summed E-state index contributed by atoms with van der Waals surface area (Å²) in [7, 11) is 0. The molecule has 2 aromatic carbocycles. The van der Waals surface area contributed by atoms with Gasteiger partial charge in [-0.3, -0.25) is 14.4 Å². The summed E-state index contributed by atoms with van der Waals surface area (Å²) < 4.78 is 39.5. The van der Waals surface area contributed by atoms with E-state index < -0.39 is 34.6 Å². The Hall–Kier alpha value is -3.93. The zero-order chi connectivity index (χ0) is 26.1. The molecule has 0 spiro atoms. The number of quaternary nitrogens is 1. The van der Waals surface area contributed by atoms with Crippen molar-refractivity contribution in [3.05, 3.63) is 54.2 Å². The van der Waals surface area contributed by atoms with Gasteiger partial charge in [0.1, 0.15) is 18.6 Å². The van der Waals surface area contributed by atoms with Crippen molar-refractivity contribution < 1.29 is 37.0 Å². The minimum absolute atomic E-state index is 0.0268. The van der Waals surface area contributed by atoms with E-state index in [-0.39, 0.29) is 19.5 Å². The van der Waals surface area contributed by atoms with Gasteiger partial charge in [0.05, 0.1) is 11.3 Å². The number of alkyl halides is 3. The molecule has 2 amide bonds. The number of likely N-dealkylation sites (tertiary alicyclic amines) is 1. The second-order valence-corrected chi connectivity index (χ2v) is 8.60. The summed E-state index contributed by atoms with van der Waals surface area (Å²) in [6, 6.07) is 10.8. The van der Waals surface area contributed by atoms with Gasteiger partial charge < -0.3 is 11.1 Å². The summed E-state index contributed by atoms with van der Waals surface area (Å²) in [6.07, 6.45) is -1.97. The average Bonchev–Trinajstić information content (AvgIpc) is 3.28. The molecule has 12 heteroatoms. The van der Waals surface area contributed by atoms with Gasteiger partial charge in [-0.1, -0.05) is 12.1 Å². The number of hydrogen-bond acceptors (Lipinski definition) is 5. The predicted molar refractivity (Wildman–Crippen MR) is 124 cm³/mol. The second kappa shape index (κ2) is 9.61. The van der Waals surface area contributed by atoms with Crippen molar-refractivity contribution in [2.24, 2.45) is 5.73 Å². The SMILES string of the molecule is CC[N+]1(OC(=O)C(F)(F)F)CCCCC1C(=O)Nc1ccc(-n2cc3cccc(C(N)=O)c3n2)cc1. The molecule has 0 bridgehead atoms. The number of primary amides is 1. The van der Waals surface area contributed by atoms with E-state index in [1.54, 1.807) is 60.3 Å². The number of carbonyl (C=O) groups is 3. The van der Waals surface area contributed by atoms with E-state index >= 15 is 0 Å². The van der Waals surface area contributed by atoms with Crippen molar-refractivity contribution in [2.45, 2.75) is 38.4 Å². The van der Waals surface area contributed by atoms with Crippen LogP contribution in [0.4, 0.5) is 18.9 Å². The van der Waals surface area contributed by atoms with Crippen LogP contribution in [0.15, 0.2) is 48.7 Å². The van der Waals surface area contributed by atoms with E-state index in [1.807, 2.05) is 0 Å². The molecule has 1 saturated heterocycles. The minimum atomic E-state index is -5.15. The van der Waals surface area contributed by atoms with Gasteiger partial charge in [-0.25, -0.2) is 9.48 Å². The maximum absolute atomic E-state index is 13.1. The van der Waals surface area contributed by atoms with Gasteiger partial charge in [-0.05, 0) is 43.7 Å². The van der Waals surface area contributed by atoms with Crippen molar-refractivity contribution in [1.82, 2.24) is 9.78 Å². The number of likely N-dealkylation sites (N-methyl/N-ethyl adjacent to an activating group) is 1. The summed E-state index contributed by atoms with van der Waals surface area (Å²) in [5.74, 6) is -3.43. The fourth-order valence-electron chi connectivity index (χ4n) is 4.52. The first kappa shape index (κ1) is 25.2. The van der Waals surface area contributed by atoms with Crippen LogP contribution in [-0.4, -0.2) is 57.5 Å². The number of piperidine rings is 1. The Bertz CT molecular complexity index is 1310. The van der Waals surface area contributed by atoms with Crippen LogP contribution in [0, 0.1) is 0 Å². The monoisotopic (exact) mass is 504 g/mol. The highest BCUT2D eigenvalue weighted by atomic mass is 19.4. The molecule has 4 rings (SSSR count). The lowest BCUT2D eigenvalue weighted by Gasteiger charge is -2.41. The van der Waals surface area contributed by atoms with Crippen molar-refractivity contribution in [1.29, 1.82) is 0 Å². The molecule has 2 atom stereocenters. The molecule has 1 aromatic heterocycles. The predicted octanol–water partition coefficient (Wildman–Crippen LogP) is 3.47. The summed E-state index contributed by atoms with van der Waals surface area (Å²) in [5, 5.41) is 7.88. The highest BCUT2D eigenvalue weighted by molar-refractivity contribution is 6.04. The van der Waals surface area contributed by atoms with Gasteiger partial charge in [0.2, 0.25) is 6.04 Å². The Labute approximate surface area is 204 Å². The first-order valence-electron chi connectivity index (χ1n) is 11.4. The highest BCUT2D eigenvalue weighted by Crippen LogP contribution is 2.31. The Balaban J connectivity index is 1.53. The number of halogens is 3. The molecule has 0 radical (unpaired) electrons. The number of benzene rings is 2. The molecule has 1 aliphatic rings. The molecule has 1 fully saturated rings. The third-order valence-electron chi connectivity index (χ3n) is 6.37. The van der Waals surface area contributed by atoms with Crippen molar-refractivity contribution in [2.75, 3.05) is 18.4 Å². The van der Waals surface area contributed by atoms with Gasteiger partial charge in [-0.2, -0.15) is 18.3 Å². The molecule has 3 N–H and O–H groups in total. The molecule has 3 aromatic rings. The molecular formula is C24H25F3N5O4+. The van der Waals surface area contributed by atoms with Gasteiger partial charge in [0.15, 0.2) is 0 Å². The highest BCUT2D eigenvalue weighted by Gasteiger charge is 2.53. The number of carbonyl (C=O) groups excluding carboxylic acids is 3. The maximum Gasteiger partial charge on any atom is 0.497 e. The fourth-order valence-corrected chi connectivity index (χ4v) is 4.52. The van der Waals surface area contributed by atoms with Gasteiger partial charge in [0.25, 0.3) is 11.8 Å². The van der Waals surface area contributed by atoms with Crippen molar-refractivity contribution in [3.63, 3.8) is 0 Å². The number of fused-ring (bicyclic) bond motifs is 1. The van der Waals surface area contributed by atoms with Crippen LogP contribution in [0.3, 0.4) is 0 Å². The van der Waals surface area contributed by atoms with Crippen molar-refractivity contribution >= 4 is 34.4 Å². The molecule has 2 heterocycles. The van der Waals surface area contributed by atoms with E-state index in [9.17, 15) is 27.6 Å². The van der Waals surface area contributed by atoms with Gasteiger partial charge in [-0.15, -0.1) is 4.65 Å². The van der Waals surface area contributed by atoms with Crippen LogP contribution in [0.25, 0.3) is 16.6 Å². The third-order valence-corrected chi connectivity index (χ3v) is 6.37. The number of amides is 2. The first-order chi connectivity index (χ1) is 17.0. The number of nitrogens with two attached hydrogens (primary N) is 1. The molecule has 0 saturated carbocycles. The Kier molecular flexibility index (Phi) is 6.72. The van der Waals surface area contributed by atoms with E-state index in [1.165, 1.54) is 0 Å². The summed E-state index contributed by atoms with van der Waals surface area (Å²) in [4.78, 5) is 41.2. The van der Waals surface area contributed by atoms with E-state index in [0.29, 0.717) is 35.3 Å². The molecule has 190 valence electrons. The maximum atomic E-state index is 13.1. The Morgan fingerprint density at radius 3 is 2.53 bits per heavy atom. The largest absolute Gasteiger partial charge is 0.497 e. The number of hydroxylamine groups is 3. The van der Waals surface area contributed by atoms with Crippen LogP contribution >= 0.6 is 0 Å². The molecule has 1 aliphatic heterocycles. The van der Waals surface area contributed by atoms with E-state index in [0.717, 1.165) is 5.39 Å². The summed E-state index contributed by atoms with van der Waals surface area (Å²) in [5.41, 5.74) is 7.24. The number of rotatable bonds is 6. The molecule has 2 unspecified atom stereocenters. The van der Waals surface area contributed by atoms with Gasteiger partial charge in [0, 0.05) is 30.1 Å². The summed E-state index contributed by atoms with van der Waals surface area (Å²) in [6.45, 7) is 1.73. The van der Waals surface area contributed by atoms with Crippen molar-refractivity contribution in [3.8, 4) is 5.69 Å². The van der Waals surface area contributed by atoms with Gasteiger partial charge >= 0.3 is 12.1 Å². The van der Waals surface area contributed by atoms with Crippen LogP contribution in [-0.2, 0) is 14.4 Å². The second-order valence-electron chi connectivity index (χ2n) is 8.60. The lowest BCUT2D eigenvalue weighted by Crippen LogP contribution is -2.63. The lowest BCUT2D eigenvalue weighted by molar-refractivity contribution is -1.10. The lowest BCUT2D eigenvalue weighted by atomic mass is 10.0. The van der Waals surface area contributed by atoms with Crippen LogP contribution < -0.4 is 11.1 Å². The molecule has 9 nitrogen and oxygen atoms in total. The topological polar surface area (TPSA) is 116 Å². The molecule has 0 aliphatic carbocycles. The normalized spacial score (nSPS) is 20.2. The van der Waals surface area contributed by atoms with Crippen LogP contribution in [0.5, 0.6) is 0 Å². The number of aromatic nitrogens is 2. The minimum Gasteiger partial charge on any atom is -0.366 e. The number of nitrogens with one attached hydrogen (secondary N) is 1. The molecular weight excluding hydrogens is 479 g/mol. The Morgan fingerprint density at radius 2 is 1.89 bits per heavy atom. The molecule has 36 heavy (non-hydrogen) atoms. The standard InChI is InChI=1S/C24H24F3N5O4/c1-2-32(36-23(35)24(25,26)27)13-4-3-8-19(32)22(34)29-16-9-11-17(12-10-16)31-14-15-6-5-7-18(21(28)33)20(15)30-31/h5-7,9-12,14,19H,2-4,8,13H2,1H3,(H2-,28,29,33,34)/p+1. The quantitative estimate of drug-likeness (QED) is 0.499. The number of anilines is 1. The van der Waals surface area contributed by atoms with Crippen LogP contribution in [0.2, 0.25) is 0 Å².